The zero-order valence-electron chi connectivity index (χ0n) is 13.1. The Balaban J connectivity index is 1.62. The molecule has 6 nitrogen and oxygen atoms in total. The molecular weight excluding hydrogens is 318 g/mol. The number of benzene rings is 2. The van der Waals surface area contributed by atoms with E-state index in [0.29, 0.717) is 11.1 Å². The quantitative estimate of drug-likeness (QED) is 0.742. The minimum Gasteiger partial charge on any atom is -0.306 e. The number of hydrazone groups is 1. The Kier molecular flexibility index (Phi) is 3.50. The van der Waals surface area contributed by atoms with Gasteiger partial charge in [0.2, 0.25) is 5.78 Å². The molecule has 0 saturated heterocycles. The summed E-state index contributed by atoms with van der Waals surface area (Å²) in [6.45, 7) is -0.165. The predicted molar refractivity (Wildman–Crippen MR) is 93.7 cm³/mol. The van der Waals surface area contributed by atoms with E-state index in [0.717, 1.165) is 10.8 Å². The van der Waals surface area contributed by atoms with Gasteiger partial charge in [-0.3, -0.25) is 14.4 Å². The van der Waals surface area contributed by atoms with Crippen LogP contribution in [0.15, 0.2) is 70.7 Å². The molecule has 3 aromatic rings. The van der Waals surface area contributed by atoms with Crippen LogP contribution in [0.1, 0.15) is 15.9 Å². The van der Waals surface area contributed by atoms with E-state index >= 15 is 0 Å². The SMILES string of the molecule is O=C(Cn1ccccc1=O)N/N=C1\C(=O)c2cccc3cccc1c23. The standard InChI is InChI=1S/C19H13N3O3/c23-15(11-22-10-2-1-9-16(22)24)20-21-18-13-7-3-5-12-6-4-8-14(17(12)13)19(18)25/h1-10H,11H2,(H,20,23)/b21-18-. The van der Waals surface area contributed by atoms with Crippen molar-refractivity contribution < 1.29 is 9.59 Å². The number of aromatic nitrogens is 1. The Morgan fingerprint density at radius 1 is 0.960 bits per heavy atom. The number of ketones is 1. The summed E-state index contributed by atoms with van der Waals surface area (Å²) in [5, 5.41) is 5.83. The minimum absolute atomic E-state index is 0.165. The van der Waals surface area contributed by atoms with E-state index in [4.69, 9.17) is 0 Å². The molecule has 4 rings (SSSR count). The maximum atomic E-state index is 12.6. The summed E-state index contributed by atoms with van der Waals surface area (Å²) in [4.78, 5) is 36.3. The number of amides is 1. The number of nitrogens with one attached hydrogen (secondary N) is 1. The third kappa shape index (κ3) is 2.53. The van der Waals surface area contributed by atoms with Crippen molar-refractivity contribution in [3.05, 3.63) is 82.3 Å². The van der Waals surface area contributed by atoms with Gasteiger partial charge in [0.15, 0.2) is 0 Å². The second kappa shape index (κ2) is 5.83. The van der Waals surface area contributed by atoms with Crippen molar-refractivity contribution in [3.8, 4) is 0 Å². The van der Waals surface area contributed by atoms with E-state index in [9.17, 15) is 14.4 Å². The lowest BCUT2D eigenvalue weighted by Crippen LogP contribution is -2.30. The lowest BCUT2D eigenvalue weighted by molar-refractivity contribution is -0.121. The van der Waals surface area contributed by atoms with Gasteiger partial charge in [-0.15, -0.1) is 0 Å². The molecule has 0 atom stereocenters. The van der Waals surface area contributed by atoms with E-state index < -0.39 is 5.91 Å². The molecule has 1 N–H and O–H groups in total. The average molecular weight is 331 g/mol. The first-order valence-electron chi connectivity index (χ1n) is 7.74. The van der Waals surface area contributed by atoms with Crippen LogP contribution in [0, 0.1) is 0 Å². The topological polar surface area (TPSA) is 80.5 Å². The number of pyridine rings is 1. The van der Waals surface area contributed by atoms with Crippen LogP contribution in [-0.4, -0.2) is 22.0 Å². The fraction of sp³-hybridized carbons (Fsp3) is 0.0526. The highest BCUT2D eigenvalue weighted by molar-refractivity contribution is 6.59. The molecule has 0 aliphatic heterocycles. The van der Waals surface area contributed by atoms with Crippen molar-refractivity contribution in [2.45, 2.75) is 6.54 Å². The first-order chi connectivity index (χ1) is 12.1. The largest absolute Gasteiger partial charge is 0.306 e. The number of carbonyl (C=O) groups excluding carboxylic acids is 2. The molecule has 1 heterocycles. The second-order valence-corrected chi connectivity index (χ2v) is 5.70. The molecule has 2 aromatic carbocycles. The number of carbonyl (C=O) groups is 2. The van der Waals surface area contributed by atoms with Crippen LogP contribution in [0.25, 0.3) is 10.8 Å². The average Bonchev–Trinajstić information content (AvgIpc) is 2.90. The van der Waals surface area contributed by atoms with Gasteiger partial charge in [-0.25, -0.2) is 5.43 Å². The molecule has 1 amide bonds. The van der Waals surface area contributed by atoms with Gasteiger partial charge < -0.3 is 4.57 Å². The summed E-state index contributed by atoms with van der Waals surface area (Å²) < 4.78 is 1.27. The summed E-state index contributed by atoms with van der Waals surface area (Å²) in [7, 11) is 0. The predicted octanol–water partition coefficient (Wildman–Crippen LogP) is 1.72. The molecule has 0 unspecified atom stereocenters. The number of hydrogen-bond acceptors (Lipinski definition) is 4. The van der Waals surface area contributed by atoms with Gasteiger partial charge in [-0.1, -0.05) is 42.5 Å². The van der Waals surface area contributed by atoms with E-state index in [1.165, 1.54) is 16.8 Å². The summed E-state index contributed by atoms with van der Waals surface area (Å²) in [6.07, 6.45) is 1.52. The Labute approximate surface area is 142 Å². The number of rotatable bonds is 3. The van der Waals surface area contributed by atoms with Crippen molar-refractivity contribution >= 4 is 28.2 Å². The Hall–Kier alpha value is -3.54. The zero-order valence-corrected chi connectivity index (χ0v) is 13.1. The van der Waals surface area contributed by atoms with E-state index in [-0.39, 0.29) is 23.6 Å². The lowest BCUT2D eigenvalue weighted by Gasteiger charge is -2.04. The summed E-state index contributed by atoms with van der Waals surface area (Å²) in [5.74, 6) is -0.694. The molecule has 0 radical (unpaired) electrons. The normalized spacial score (nSPS) is 14.2. The van der Waals surface area contributed by atoms with Crippen molar-refractivity contribution in [1.29, 1.82) is 0 Å². The maximum absolute atomic E-state index is 12.6. The molecule has 0 saturated carbocycles. The monoisotopic (exact) mass is 331 g/mol. The maximum Gasteiger partial charge on any atom is 0.260 e. The van der Waals surface area contributed by atoms with Gasteiger partial charge in [0.25, 0.3) is 11.5 Å². The highest BCUT2D eigenvalue weighted by Gasteiger charge is 2.28. The van der Waals surface area contributed by atoms with Crippen molar-refractivity contribution in [1.82, 2.24) is 9.99 Å². The highest BCUT2D eigenvalue weighted by atomic mass is 16.2. The van der Waals surface area contributed by atoms with Gasteiger partial charge in [0.1, 0.15) is 12.3 Å². The summed E-state index contributed by atoms with van der Waals surface area (Å²) in [6, 6.07) is 15.7. The molecule has 1 aliphatic rings. The molecule has 0 spiro atoms. The molecule has 1 aromatic heterocycles. The Bertz CT molecular complexity index is 1110. The molecule has 0 bridgehead atoms. The van der Waals surface area contributed by atoms with E-state index in [1.54, 1.807) is 18.2 Å². The number of Topliss-reactive ketones (excluding diaryl/α,β-unsaturated/α-hetero) is 1. The first kappa shape index (κ1) is 15.0. The van der Waals surface area contributed by atoms with E-state index in [1.807, 2.05) is 30.3 Å². The minimum atomic E-state index is -0.475. The van der Waals surface area contributed by atoms with Gasteiger partial charge in [0, 0.05) is 28.8 Å². The van der Waals surface area contributed by atoms with Gasteiger partial charge in [-0.05, 0) is 11.5 Å². The van der Waals surface area contributed by atoms with Gasteiger partial charge >= 0.3 is 0 Å². The van der Waals surface area contributed by atoms with Crippen molar-refractivity contribution in [2.75, 3.05) is 0 Å². The van der Waals surface area contributed by atoms with E-state index in [2.05, 4.69) is 10.5 Å². The lowest BCUT2D eigenvalue weighted by atomic mass is 10.1. The fourth-order valence-corrected chi connectivity index (χ4v) is 2.99. The molecule has 25 heavy (non-hydrogen) atoms. The van der Waals surface area contributed by atoms with Crippen LogP contribution in [0.4, 0.5) is 0 Å². The van der Waals surface area contributed by atoms with Crippen LogP contribution in [0.3, 0.4) is 0 Å². The summed E-state index contributed by atoms with van der Waals surface area (Å²) in [5.41, 5.74) is 3.60. The second-order valence-electron chi connectivity index (χ2n) is 5.70. The third-order valence-corrected chi connectivity index (χ3v) is 4.12. The third-order valence-electron chi connectivity index (χ3n) is 4.12. The Morgan fingerprint density at radius 3 is 2.48 bits per heavy atom. The van der Waals surface area contributed by atoms with Crippen LogP contribution in [0.5, 0.6) is 0 Å². The molecular formula is C19H13N3O3. The highest BCUT2D eigenvalue weighted by Crippen LogP contribution is 2.30. The van der Waals surface area contributed by atoms with Crippen LogP contribution in [-0.2, 0) is 11.3 Å². The molecule has 122 valence electrons. The molecule has 1 aliphatic carbocycles. The Morgan fingerprint density at radius 2 is 1.72 bits per heavy atom. The van der Waals surface area contributed by atoms with Gasteiger partial charge in [0.05, 0.1) is 0 Å². The molecule has 6 heteroatoms. The number of hydrogen-bond donors (Lipinski definition) is 1. The number of nitrogens with zero attached hydrogens (tertiary/aromatic N) is 2. The molecule has 0 fully saturated rings. The van der Waals surface area contributed by atoms with Crippen molar-refractivity contribution in [2.24, 2.45) is 5.10 Å². The van der Waals surface area contributed by atoms with Crippen LogP contribution in [0.2, 0.25) is 0 Å². The van der Waals surface area contributed by atoms with Crippen LogP contribution < -0.4 is 11.0 Å². The zero-order chi connectivity index (χ0) is 17.4. The fourth-order valence-electron chi connectivity index (χ4n) is 2.99. The van der Waals surface area contributed by atoms with Gasteiger partial charge in [-0.2, -0.15) is 5.10 Å². The first-order valence-corrected chi connectivity index (χ1v) is 7.74. The smallest absolute Gasteiger partial charge is 0.260 e. The summed E-state index contributed by atoms with van der Waals surface area (Å²) >= 11 is 0. The van der Waals surface area contributed by atoms with Crippen molar-refractivity contribution in [3.63, 3.8) is 0 Å². The van der Waals surface area contributed by atoms with Crippen LogP contribution >= 0.6 is 0 Å².